The number of nitrogens with zero attached hydrogens (tertiary/aromatic N) is 2. The summed E-state index contributed by atoms with van der Waals surface area (Å²) >= 11 is 0. The van der Waals surface area contributed by atoms with Gasteiger partial charge in [-0.05, 0) is 63.3 Å². The summed E-state index contributed by atoms with van der Waals surface area (Å²) < 4.78 is 35.3. The van der Waals surface area contributed by atoms with Crippen LogP contribution < -0.4 is 9.62 Å². The van der Waals surface area contributed by atoms with Gasteiger partial charge in [-0.3, -0.25) is 4.72 Å². The topological polar surface area (TPSA) is 61.9 Å². The van der Waals surface area contributed by atoms with E-state index < -0.39 is 22.0 Å². The molecule has 1 saturated heterocycles. The second kappa shape index (κ2) is 9.65. The molecule has 8 heteroatoms. The number of rotatable bonds is 7. The molecule has 1 fully saturated rings. The van der Waals surface area contributed by atoms with Crippen LogP contribution in [0.3, 0.4) is 0 Å². The van der Waals surface area contributed by atoms with Gasteiger partial charge in [0.15, 0.2) is 0 Å². The summed E-state index contributed by atoms with van der Waals surface area (Å²) in [5.41, 5.74) is 1.86. The largest absolute Gasteiger partial charge is 0.380 e. The molecule has 0 amide bonds. The van der Waals surface area contributed by atoms with Crippen LogP contribution in [0.1, 0.15) is 12.8 Å². The van der Waals surface area contributed by atoms with Gasteiger partial charge in [0.2, 0.25) is 0 Å². The molecule has 1 aliphatic heterocycles. The van der Waals surface area contributed by atoms with Crippen molar-refractivity contribution >= 4 is 33.3 Å². The monoisotopic (exact) mass is 421 g/mol. The zero-order valence-corrected chi connectivity index (χ0v) is 18.1. The lowest BCUT2D eigenvalue weighted by molar-refractivity contribution is 0.0894. The van der Waals surface area contributed by atoms with Crippen LogP contribution in [0.2, 0.25) is 0 Å². The Bertz CT molecular complexity index is 843. The Morgan fingerprint density at radius 2 is 1.75 bits per heavy atom. The molecule has 1 heterocycles. The molecule has 0 spiro atoms. The van der Waals surface area contributed by atoms with Crippen molar-refractivity contribution in [1.82, 2.24) is 4.31 Å². The van der Waals surface area contributed by atoms with Crippen molar-refractivity contribution in [3.05, 3.63) is 48.5 Å². The fourth-order valence-electron chi connectivity index (χ4n) is 3.23. The van der Waals surface area contributed by atoms with E-state index in [-0.39, 0.29) is 6.10 Å². The van der Waals surface area contributed by atoms with Gasteiger partial charge in [-0.1, -0.05) is 12.1 Å². The van der Waals surface area contributed by atoms with Crippen molar-refractivity contribution in [2.75, 3.05) is 43.9 Å². The van der Waals surface area contributed by atoms with Crippen LogP contribution in [0.25, 0.3) is 0 Å². The van der Waals surface area contributed by atoms with Crippen molar-refractivity contribution in [2.24, 2.45) is 0 Å². The van der Waals surface area contributed by atoms with Gasteiger partial charge in [0, 0.05) is 20.2 Å². The van der Waals surface area contributed by atoms with Crippen LogP contribution in [-0.4, -0.2) is 53.1 Å². The number of piperidine rings is 1. The molecule has 0 aliphatic carbocycles. The molecule has 1 aliphatic rings. The first-order valence-electron chi connectivity index (χ1n) is 9.24. The number of nitrogens with one attached hydrogen (secondary N) is 1. The fourth-order valence-corrected chi connectivity index (χ4v) is 4.90. The molecule has 3 rings (SSSR count). The molecule has 6 nitrogen and oxygen atoms in total. The summed E-state index contributed by atoms with van der Waals surface area (Å²) in [7, 11) is 2.65. The lowest BCUT2D eigenvalue weighted by Crippen LogP contribution is -2.39. The first-order chi connectivity index (χ1) is 13.5. The van der Waals surface area contributed by atoms with Gasteiger partial charge in [-0.25, -0.2) is 12.7 Å². The van der Waals surface area contributed by atoms with Crippen LogP contribution in [0, 0.1) is 0 Å². The molecule has 0 saturated carbocycles. The number of methoxy groups -OCH3 is 1. The predicted octanol–water partition coefficient (Wildman–Crippen LogP) is 3.02. The predicted molar refractivity (Wildman–Crippen MR) is 115 cm³/mol. The lowest BCUT2D eigenvalue weighted by atomic mass is 10.1. The third-order valence-corrected chi connectivity index (χ3v) is 7.17. The maximum atomic E-state index is 12.9. The van der Waals surface area contributed by atoms with E-state index in [4.69, 9.17) is 4.74 Å². The smallest absolute Gasteiger partial charge is 0.150 e. The molecule has 0 bridgehead atoms. The highest BCUT2D eigenvalue weighted by molar-refractivity contribution is 7.86. The zero-order valence-electron chi connectivity index (χ0n) is 16.5. The van der Waals surface area contributed by atoms with Crippen molar-refractivity contribution in [3.63, 3.8) is 0 Å². The minimum Gasteiger partial charge on any atom is -0.380 e. The zero-order chi connectivity index (χ0) is 20.1. The third-order valence-electron chi connectivity index (χ3n) is 4.73. The highest BCUT2D eigenvalue weighted by Gasteiger charge is 2.22. The average molecular weight is 422 g/mol. The highest BCUT2D eigenvalue weighted by Crippen LogP contribution is 2.30. The molecular weight excluding hydrogens is 394 g/mol. The third kappa shape index (κ3) is 5.00. The van der Waals surface area contributed by atoms with E-state index in [1.165, 1.54) is 0 Å². The standard InChI is InChI=1S/C20H27N3O3S2/c1-22(2)28(25)18-12-10-17(11-13-18)27(24)21-19-8-4-5-9-20(19)23-14-6-7-16(15-23)26-3/h4-5,8-13,16,21H,6-7,14-15H2,1-3H3. The second-order valence-electron chi connectivity index (χ2n) is 6.87. The Labute approximate surface area is 172 Å². The van der Waals surface area contributed by atoms with Crippen LogP contribution in [0.15, 0.2) is 58.3 Å². The van der Waals surface area contributed by atoms with E-state index in [0.717, 1.165) is 37.3 Å². The maximum Gasteiger partial charge on any atom is 0.150 e. The van der Waals surface area contributed by atoms with Gasteiger partial charge < -0.3 is 9.64 Å². The van der Waals surface area contributed by atoms with E-state index in [1.54, 1.807) is 49.8 Å². The Hall–Kier alpha value is -1.74. The molecule has 2 aromatic carbocycles. The van der Waals surface area contributed by atoms with Crippen molar-refractivity contribution in [1.29, 1.82) is 0 Å². The molecule has 2 aromatic rings. The van der Waals surface area contributed by atoms with Gasteiger partial charge in [0.25, 0.3) is 0 Å². The Kier molecular flexibility index (Phi) is 7.23. The average Bonchev–Trinajstić information content (AvgIpc) is 2.73. The SMILES string of the molecule is COC1CCCN(c2ccccc2NS(=O)c2ccc(S(=O)N(C)C)cc2)C1. The van der Waals surface area contributed by atoms with E-state index in [1.807, 2.05) is 24.3 Å². The van der Waals surface area contributed by atoms with Crippen molar-refractivity contribution < 1.29 is 13.2 Å². The molecular formula is C20H27N3O3S2. The van der Waals surface area contributed by atoms with Gasteiger partial charge in [-0.15, -0.1) is 0 Å². The normalized spacial score (nSPS) is 19.4. The highest BCUT2D eigenvalue weighted by atomic mass is 32.2. The van der Waals surface area contributed by atoms with Crippen LogP contribution in [0.5, 0.6) is 0 Å². The van der Waals surface area contributed by atoms with Gasteiger partial charge in [0.05, 0.1) is 27.3 Å². The molecule has 0 aromatic heterocycles. The Morgan fingerprint density at radius 1 is 1.07 bits per heavy atom. The quantitative estimate of drug-likeness (QED) is 0.747. The summed E-state index contributed by atoms with van der Waals surface area (Å²) in [4.78, 5) is 3.60. The van der Waals surface area contributed by atoms with Gasteiger partial charge in [-0.2, -0.15) is 0 Å². The van der Waals surface area contributed by atoms with Crippen molar-refractivity contribution in [3.8, 4) is 0 Å². The summed E-state index contributed by atoms with van der Waals surface area (Å²) in [6.45, 7) is 1.78. The first-order valence-corrected chi connectivity index (χ1v) is 11.5. The summed E-state index contributed by atoms with van der Waals surface area (Å²) in [5.74, 6) is 0. The summed E-state index contributed by atoms with van der Waals surface area (Å²) in [6.07, 6.45) is 2.35. The fraction of sp³-hybridized carbons (Fsp3) is 0.400. The van der Waals surface area contributed by atoms with Crippen molar-refractivity contribution in [2.45, 2.75) is 28.7 Å². The van der Waals surface area contributed by atoms with E-state index in [9.17, 15) is 8.42 Å². The molecule has 1 N–H and O–H groups in total. The molecule has 152 valence electrons. The number of para-hydroxylation sites is 2. The van der Waals surface area contributed by atoms with E-state index >= 15 is 0 Å². The minimum atomic E-state index is -1.41. The molecule has 0 radical (unpaired) electrons. The van der Waals surface area contributed by atoms with Gasteiger partial charge >= 0.3 is 0 Å². The van der Waals surface area contributed by atoms with Gasteiger partial charge in [0.1, 0.15) is 22.0 Å². The number of anilines is 2. The lowest BCUT2D eigenvalue weighted by Gasteiger charge is -2.34. The Morgan fingerprint density at radius 3 is 2.43 bits per heavy atom. The number of hydrogen-bond donors (Lipinski definition) is 1. The summed E-state index contributed by atoms with van der Waals surface area (Å²) in [6, 6.07) is 14.9. The number of ether oxygens (including phenoxy) is 1. The number of benzene rings is 2. The van der Waals surface area contributed by atoms with Crippen LogP contribution in [-0.2, 0) is 26.7 Å². The minimum absolute atomic E-state index is 0.220. The summed E-state index contributed by atoms with van der Waals surface area (Å²) in [5, 5.41) is 0. The van der Waals surface area contributed by atoms with E-state index in [0.29, 0.717) is 9.79 Å². The Balaban J connectivity index is 1.75. The second-order valence-corrected chi connectivity index (χ2v) is 9.78. The molecule has 3 unspecified atom stereocenters. The number of hydrogen-bond acceptors (Lipinski definition) is 4. The van der Waals surface area contributed by atoms with Crippen LogP contribution in [0.4, 0.5) is 11.4 Å². The van der Waals surface area contributed by atoms with E-state index in [2.05, 4.69) is 9.62 Å². The van der Waals surface area contributed by atoms with Crippen LogP contribution >= 0.6 is 0 Å². The molecule has 28 heavy (non-hydrogen) atoms. The molecule has 3 atom stereocenters. The first kappa shape index (κ1) is 21.0. The maximum absolute atomic E-state index is 12.9.